The highest BCUT2D eigenvalue weighted by Gasteiger charge is 2.10. The van der Waals surface area contributed by atoms with Crippen LogP contribution in [0, 0.1) is 37.5 Å². The molecule has 0 aliphatic heterocycles. The van der Waals surface area contributed by atoms with E-state index in [9.17, 15) is 5.11 Å². The molecule has 0 aliphatic carbocycles. The summed E-state index contributed by atoms with van der Waals surface area (Å²) in [5.41, 5.74) is 4.30. The Kier molecular flexibility index (Phi) is 18.2. The van der Waals surface area contributed by atoms with Gasteiger partial charge in [0.25, 0.3) is 0 Å². The first kappa shape index (κ1) is 33.9. The van der Waals surface area contributed by atoms with Gasteiger partial charge in [-0.2, -0.15) is 0 Å². The predicted molar refractivity (Wildman–Crippen MR) is 169 cm³/mol. The summed E-state index contributed by atoms with van der Waals surface area (Å²) in [6.45, 7) is 16.1. The van der Waals surface area contributed by atoms with Gasteiger partial charge in [-0.3, -0.25) is 0 Å². The van der Waals surface area contributed by atoms with Gasteiger partial charge in [-0.05, 0) is 55.1 Å². The van der Waals surface area contributed by atoms with E-state index in [-0.39, 0.29) is 0 Å². The van der Waals surface area contributed by atoms with Crippen molar-refractivity contribution >= 4 is 15.9 Å². The van der Waals surface area contributed by atoms with Crippen LogP contribution in [-0.4, -0.2) is 10.4 Å². The van der Waals surface area contributed by atoms with Crippen LogP contribution in [0.3, 0.4) is 0 Å². The second kappa shape index (κ2) is 19.9. The molecule has 0 amide bonds. The molecule has 3 atom stereocenters. The Labute approximate surface area is 239 Å². The first-order chi connectivity index (χ1) is 17.6. The highest BCUT2D eigenvalue weighted by atomic mass is 79.9. The lowest BCUT2D eigenvalue weighted by molar-refractivity contribution is 0.220. The molecule has 1 nitrogen and oxygen atoms in total. The van der Waals surface area contributed by atoms with E-state index in [2.05, 4.69) is 50.5 Å². The average molecular weight is 574 g/mol. The zero-order chi connectivity index (χ0) is 27.6. The highest BCUT2D eigenvalue weighted by molar-refractivity contribution is 9.09. The van der Waals surface area contributed by atoms with Crippen molar-refractivity contribution in [3.05, 3.63) is 70.8 Å². The molecule has 3 unspecified atom stereocenters. The average Bonchev–Trinajstić information content (AvgIpc) is 2.85. The Morgan fingerprint density at radius 2 is 0.865 bits per heavy atom. The number of rotatable bonds is 16. The summed E-state index contributed by atoms with van der Waals surface area (Å²) in [7, 11) is 0. The van der Waals surface area contributed by atoms with Gasteiger partial charge in [0.05, 0.1) is 0 Å². The molecule has 0 aromatic heterocycles. The van der Waals surface area contributed by atoms with Crippen LogP contribution >= 0.6 is 15.9 Å². The minimum atomic E-state index is -0.527. The zero-order valence-electron chi connectivity index (χ0n) is 25.1. The molecular formula is C35H57BrO. The van der Waals surface area contributed by atoms with Crippen molar-refractivity contribution in [3.8, 4) is 0 Å². The molecule has 0 aliphatic rings. The molecule has 0 radical (unpaired) electrons. The number of aliphatic hydroxyl groups is 1. The molecule has 2 aromatic rings. The summed E-state index contributed by atoms with van der Waals surface area (Å²) < 4.78 is 0. The van der Waals surface area contributed by atoms with Gasteiger partial charge in [-0.15, -0.1) is 0 Å². The molecule has 0 spiro atoms. The number of hydrogen-bond donors (Lipinski definition) is 1. The molecular weight excluding hydrogens is 516 g/mol. The smallest absolute Gasteiger partial charge is 0.104 e. The Hall–Kier alpha value is -1.12. The number of aliphatic hydroxyl groups excluding tert-OH is 1. The largest absolute Gasteiger partial charge is 0.384 e. The Balaban J connectivity index is 0.000000381. The minimum absolute atomic E-state index is 0.527. The van der Waals surface area contributed by atoms with Crippen LogP contribution in [0.15, 0.2) is 48.5 Å². The van der Waals surface area contributed by atoms with Crippen molar-refractivity contribution in [1.29, 1.82) is 0 Å². The molecule has 0 bridgehead atoms. The highest BCUT2D eigenvalue weighted by Crippen LogP contribution is 2.23. The molecule has 0 saturated carbocycles. The Bertz CT molecular complexity index is 750. The maximum Gasteiger partial charge on any atom is 0.104 e. The van der Waals surface area contributed by atoms with Crippen molar-refractivity contribution in [2.45, 2.75) is 119 Å². The molecule has 37 heavy (non-hydrogen) atoms. The third-order valence-corrected chi connectivity index (χ3v) is 8.11. The molecule has 0 heterocycles. The van der Waals surface area contributed by atoms with E-state index in [1.54, 1.807) is 0 Å². The summed E-state index contributed by atoms with van der Waals surface area (Å²) in [6, 6.07) is 16.0. The summed E-state index contributed by atoms with van der Waals surface area (Å²) in [5.74, 6) is 3.65. The van der Waals surface area contributed by atoms with Gasteiger partial charge < -0.3 is 5.11 Å². The van der Waals surface area contributed by atoms with E-state index in [0.717, 1.165) is 34.8 Å². The maximum absolute atomic E-state index is 10.2. The van der Waals surface area contributed by atoms with Crippen LogP contribution in [0.5, 0.6) is 0 Å². The van der Waals surface area contributed by atoms with Crippen molar-refractivity contribution in [2.24, 2.45) is 23.7 Å². The molecule has 1 N–H and O–H groups in total. The first-order valence-corrected chi connectivity index (χ1v) is 16.1. The van der Waals surface area contributed by atoms with Gasteiger partial charge in [0.1, 0.15) is 6.10 Å². The van der Waals surface area contributed by atoms with Gasteiger partial charge >= 0.3 is 0 Å². The van der Waals surface area contributed by atoms with Crippen LogP contribution in [0.1, 0.15) is 127 Å². The number of alkyl halides is 1. The van der Waals surface area contributed by atoms with Crippen molar-refractivity contribution < 1.29 is 5.11 Å². The van der Waals surface area contributed by atoms with Crippen LogP contribution < -0.4 is 0 Å². The normalized spacial score (nSPS) is 13.8. The monoisotopic (exact) mass is 572 g/mol. The van der Waals surface area contributed by atoms with Gasteiger partial charge in [0.2, 0.25) is 0 Å². The minimum Gasteiger partial charge on any atom is -0.384 e. The van der Waals surface area contributed by atoms with Crippen molar-refractivity contribution in [3.63, 3.8) is 0 Å². The lowest BCUT2D eigenvalue weighted by Crippen LogP contribution is -2.01. The van der Waals surface area contributed by atoms with E-state index in [0.29, 0.717) is 0 Å². The Morgan fingerprint density at radius 1 is 0.541 bits per heavy atom. The standard InChI is InChI=1S/C20H41Br.C15H16O/c1-17(2)9-6-10-18(3)11-7-12-19(4)13-8-14-20(5)15-16-21;1-11-3-7-13(8-4-11)15(16)14-9-5-12(2)6-10-14/h17-20H,6-16H2,1-5H3;3-10,15-16H,1-2H3. The molecule has 0 fully saturated rings. The van der Waals surface area contributed by atoms with Gasteiger partial charge in [0.15, 0.2) is 0 Å². The van der Waals surface area contributed by atoms with Crippen molar-refractivity contribution in [2.75, 3.05) is 5.33 Å². The van der Waals surface area contributed by atoms with Crippen LogP contribution in [0.2, 0.25) is 0 Å². The zero-order valence-corrected chi connectivity index (χ0v) is 26.7. The number of hydrogen-bond acceptors (Lipinski definition) is 1. The maximum atomic E-state index is 10.2. The van der Waals surface area contributed by atoms with E-state index in [1.165, 1.54) is 80.7 Å². The van der Waals surface area contributed by atoms with E-state index in [1.807, 2.05) is 62.4 Å². The van der Waals surface area contributed by atoms with Crippen LogP contribution in [-0.2, 0) is 0 Å². The second-order valence-corrected chi connectivity index (χ2v) is 13.0. The molecule has 210 valence electrons. The molecule has 2 heteroatoms. The quantitative estimate of drug-likeness (QED) is 0.198. The fourth-order valence-electron chi connectivity index (χ4n) is 4.81. The lowest BCUT2D eigenvalue weighted by Gasteiger charge is -2.16. The van der Waals surface area contributed by atoms with Gasteiger partial charge in [0, 0.05) is 5.33 Å². The molecule has 0 saturated heterocycles. The SMILES string of the molecule is CC(C)CCCC(C)CCCC(C)CCCC(C)CCBr.Cc1ccc(C(O)c2ccc(C)cc2)cc1. The number of benzene rings is 2. The fraction of sp³-hybridized carbons (Fsp3) is 0.657. The topological polar surface area (TPSA) is 20.2 Å². The number of halogens is 1. The number of aryl methyl sites for hydroxylation is 2. The lowest BCUT2D eigenvalue weighted by atomic mass is 9.91. The molecule has 2 rings (SSSR count). The first-order valence-electron chi connectivity index (χ1n) is 15.0. The molecule has 2 aromatic carbocycles. The van der Waals surface area contributed by atoms with Crippen LogP contribution in [0.25, 0.3) is 0 Å². The fourth-order valence-corrected chi connectivity index (χ4v) is 5.59. The summed E-state index contributed by atoms with van der Waals surface area (Å²) in [6.07, 6.45) is 13.7. The summed E-state index contributed by atoms with van der Waals surface area (Å²) in [5, 5.41) is 11.3. The van der Waals surface area contributed by atoms with Crippen molar-refractivity contribution in [1.82, 2.24) is 0 Å². The van der Waals surface area contributed by atoms with Crippen LogP contribution in [0.4, 0.5) is 0 Å². The third-order valence-electron chi connectivity index (χ3n) is 7.65. The Morgan fingerprint density at radius 3 is 1.19 bits per heavy atom. The summed E-state index contributed by atoms with van der Waals surface area (Å²) in [4.78, 5) is 0. The van der Waals surface area contributed by atoms with E-state index >= 15 is 0 Å². The predicted octanol–water partition coefficient (Wildman–Crippen LogP) is 11.2. The van der Waals surface area contributed by atoms with E-state index < -0.39 is 6.10 Å². The summed E-state index contributed by atoms with van der Waals surface area (Å²) >= 11 is 3.54. The van der Waals surface area contributed by atoms with Gasteiger partial charge in [-0.1, -0.05) is 168 Å². The van der Waals surface area contributed by atoms with E-state index in [4.69, 9.17) is 0 Å². The van der Waals surface area contributed by atoms with Gasteiger partial charge in [-0.25, -0.2) is 0 Å². The second-order valence-electron chi connectivity index (χ2n) is 12.2. The third kappa shape index (κ3) is 16.4.